The van der Waals surface area contributed by atoms with Crippen molar-refractivity contribution in [2.45, 2.75) is 6.18 Å². The Morgan fingerprint density at radius 3 is 2.50 bits per heavy atom. The van der Waals surface area contributed by atoms with Gasteiger partial charge in [0.1, 0.15) is 0 Å². The summed E-state index contributed by atoms with van der Waals surface area (Å²) in [6, 6.07) is 1.19. The van der Waals surface area contributed by atoms with Crippen molar-refractivity contribution in [2.24, 2.45) is 0 Å². The van der Waals surface area contributed by atoms with Crippen molar-refractivity contribution in [3.05, 3.63) is 24.2 Å². The fourth-order valence-corrected chi connectivity index (χ4v) is 1.000. The molecule has 0 aliphatic heterocycles. The van der Waals surface area contributed by atoms with Crippen LogP contribution in [0.3, 0.4) is 0 Å². The first-order valence-electron chi connectivity index (χ1n) is 4.23. The summed E-state index contributed by atoms with van der Waals surface area (Å²) in [6.45, 7) is 0. The third-order valence-electron chi connectivity index (χ3n) is 1.59. The van der Waals surface area contributed by atoms with Crippen LogP contribution in [0.1, 0.15) is 5.76 Å². The summed E-state index contributed by atoms with van der Waals surface area (Å²) in [5.74, 6) is -2.17. The van der Waals surface area contributed by atoms with E-state index in [4.69, 9.17) is 0 Å². The lowest BCUT2D eigenvalue weighted by molar-refractivity contribution is -0.164. The molecular weight excluding hydrogens is 225 g/mol. The Labute approximate surface area is 89.3 Å². The second-order valence-electron chi connectivity index (χ2n) is 3.21. The largest absolute Gasteiger partial charge is 0.455 e. The van der Waals surface area contributed by atoms with Crippen LogP contribution in [-0.2, 0) is 4.79 Å². The van der Waals surface area contributed by atoms with Crippen LogP contribution in [-0.4, -0.2) is 36.1 Å². The Bertz CT molecular complexity index is 393. The molecule has 0 aromatic carbocycles. The summed E-state index contributed by atoms with van der Waals surface area (Å²) in [7, 11) is 3.00. The van der Waals surface area contributed by atoms with Crippen molar-refractivity contribution in [3.63, 3.8) is 0 Å². The van der Waals surface area contributed by atoms with Gasteiger partial charge in [0.2, 0.25) is 0 Å². The number of halogens is 3. The fraction of sp³-hybridized carbons (Fsp3) is 0.333. The Hall–Kier alpha value is -1.79. The quantitative estimate of drug-likeness (QED) is 0.747. The van der Waals surface area contributed by atoms with Gasteiger partial charge in [0, 0.05) is 26.4 Å². The number of rotatable bonds is 3. The number of aromatic nitrogens is 1. The molecule has 4 nitrogen and oxygen atoms in total. The van der Waals surface area contributed by atoms with E-state index in [1.165, 1.54) is 31.3 Å². The highest BCUT2D eigenvalue weighted by atomic mass is 19.4. The molecule has 88 valence electrons. The first kappa shape index (κ1) is 12.3. The Balaban J connectivity index is 3.13. The van der Waals surface area contributed by atoms with E-state index in [9.17, 15) is 18.0 Å². The summed E-state index contributed by atoms with van der Waals surface area (Å²) >= 11 is 0. The molecule has 16 heavy (non-hydrogen) atoms. The molecule has 0 saturated carbocycles. The van der Waals surface area contributed by atoms with Gasteiger partial charge in [0.15, 0.2) is 5.76 Å². The zero-order valence-electron chi connectivity index (χ0n) is 8.58. The monoisotopic (exact) mass is 234 g/mol. The minimum Gasteiger partial charge on any atom is -0.383 e. The topological polar surface area (TPSA) is 46.3 Å². The minimum absolute atomic E-state index is 0.212. The predicted octanol–water partition coefficient (Wildman–Crippen LogP) is 1.71. The highest BCUT2D eigenvalue weighted by Gasteiger charge is 2.42. The van der Waals surface area contributed by atoms with E-state index in [1.807, 2.05) is 0 Å². The fourth-order valence-electron chi connectivity index (χ4n) is 1.000. The van der Waals surface area contributed by atoms with Crippen LogP contribution in [0.15, 0.2) is 23.0 Å². The number of carbonyl (C=O) groups is 1. The van der Waals surface area contributed by atoms with Gasteiger partial charge in [-0.1, -0.05) is 5.16 Å². The van der Waals surface area contributed by atoms with E-state index < -0.39 is 17.5 Å². The average molecular weight is 234 g/mol. The van der Waals surface area contributed by atoms with Crippen molar-refractivity contribution in [1.82, 2.24) is 10.1 Å². The Morgan fingerprint density at radius 1 is 1.50 bits per heavy atom. The Morgan fingerprint density at radius 2 is 2.12 bits per heavy atom. The molecule has 0 aliphatic rings. The third kappa shape index (κ3) is 2.85. The number of carbonyl (C=O) groups excluding carboxylic acids is 1. The Kier molecular flexibility index (Phi) is 3.36. The first-order valence-corrected chi connectivity index (χ1v) is 4.23. The number of alkyl halides is 3. The van der Waals surface area contributed by atoms with Crippen molar-refractivity contribution in [2.75, 3.05) is 14.1 Å². The second-order valence-corrected chi connectivity index (χ2v) is 3.21. The maximum Gasteiger partial charge on any atom is 0.455 e. The molecule has 1 aromatic rings. The zero-order valence-corrected chi connectivity index (χ0v) is 8.58. The van der Waals surface area contributed by atoms with Gasteiger partial charge in [-0.2, -0.15) is 13.2 Å². The van der Waals surface area contributed by atoms with Crippen LogP contribution >= 0.6 is 0 Å². The van der Waals surface area contributed by atoms with E-state index in [0.717, 1.165) is 6.20 Å². The van der Waals surface area contributed by atoms with E-state index >= 15 is 0 Å². The second kappa shape index (κ2) is 4.38. The lowest BCUT2D eigenvalue weighted by Gasteiger charge is -2.10. The van der Waals surface area contributed by atoms with Crippen molar-refractivity contribution in [1.29, 1.82) is 0 Å². The number of hydrogen-bond donors (Lipinski definition) is 0. The van der Waals surface area contributed by atoms with Gasteiger partial charge in [-0.25, -0.2) is 0 Å². The van der Waals surface area contributed by atoms with Gasteiger partial charge < -0.3 is 9.42 Å². The summed E-state index contributed by atoms with van der Waals surface area (Å²) in [5.41, 5.74) is -0.574. The van der Waals surface area contributed by atoms with Gasteiger partial charge in [0.25, 0.3) is 5.78 Å². The lowest BCUT2D eigenvalue weighted by Crippen LogP contribution is -2.24. The van der Waals surface area contributed by atoms with Crippen molar-refractivity contribution >= 4 is 11.4 Å². The molecule has 0 amide bonds. The maximum absolute atomic E-state index is 12.3. The summed E-state index contributed by atoms with van der Waals surface area (Å²) in [4.78, 5) is 12.4. The molecule has 0 bridgehead atoms. The predicted molar refractivity (Wildman–Crippen MR) is 49.2 cm³/mol. The van der Waals surface area contributed by atoms with Crippen LogP contribution in [0.25, 0.3) is 5.57 Å². The number of allylic oxidation sites excluding steroid dienone is 1. The third-order valence-corrected chi connectivity index (χ3v) is 1.59. The molecule has 0 N–H and O–H groups in total. The van der Waals surface area contributed by atoms with Crippen LogP contribution in [0.2, 0.25) is 0 Å². The summed E-state index contributed by atoms with van der Waals surface area (Å²) in [5, 5.41) is 3.26. The normalized spacial score (nSPS) is 12.7. The molecule has 1 rings (SSSR count). The molecule has 0 aliphatic carbocycles. The summed E-state index contributed by atoms with van der Waals surface area (Å²) < 4.78 is 41.4. The number of hydrogen-bond acceptors (Lipinski definition) is 4. The van der Waals surface area contributed by atoms with Gasteiger partial charge in [-0.3, -0.25) is 4.79 Å². The highest BCUT2D eigenvalue weighted by molar-refractivity contribution is 6.22. The summed E-state index contributed by atoms with van der Waals surface area (Å²) in [6.07, 6.45) is -2.73. The standard InChI is InChI=1S/C9H9F3N2O2/c1-14(2)5-6(7-3-4-13-16-7)8(15)9(10,11)12/h3-5H,1-2H3. The molecule has 0 atom stereocenters. The molecule has 7 heteroatoms. The number of nitrogens with zero attached hydrogens (tertiary/aromatic N) is 2. The zero-order chi connectivity index (χ0) is 12.3. The minimum atomic E-state index is -4.94. The molecule has 0 fully saturated rings. The molecule has 1 aromatic heterocycles. The van der Waals surface area contributed by atoms with Crippen LogP contribution < -0.4 is 0 Å². The molecule has 0 saturated heterocycles. The van der Waals surface area contributed by atoms with Gasteiger partial charge in [-0.05, 0) is 0 Å². The maximum atomic E-state index is 12.3. The van der Waals surface area contributed by atoms with E-state index in [1.54, 1.807) is 0 Å². The first-order chi connectivity index (χ1) is 7.32. The molecule has 0 radical (unpaired) electrons. The van der Waals surface area contributed by atoms with Gasteiger partial charge >= 0.3 is 6.18 Å². The van der Waals surface area contributed by atoms with Crippen LogP contribution in [0.5, 0.6) is 0 Å². The lowest BCUT2D eigenvalue weighted by atomic mass is 10.1. The van der Waals surface area contributed by atoms with Crippen molar-refractivity contribution in [3.8, 4) is 0 Å². The molecule has 1 heterocycles. The average Bonchev–Trinajstić information content (AvgIpc) is 2.63. The van der Waals surface area contributed by atoms with Crippen LogP contribution in [0, 0.1) is 0 Å². The van der Waals surface area contributed by atoms with Crippen LogP contribution in [0.4, 0.5) is 13.2 Å². The molecular formula is C9H9F3N2O2. The van der Waals surface area contributed by atoms with E-state index in [0.29, 0.717) is 0 Å². The van der Waals surface area contributed by atoms with Crippen molar-refractivity contribution < 1.29 is 22.5 Å². The van der Waals surface area contributed by atoms with Gasteiger partial charge in [0.05, 0.1) is 11.8 Å². The molecule has 0 unspecified atom stereocenters. The van der Waals surface area contributed by atoms with E-state index in [-0.39, 0.29) is 5.76 Å². The molecule has 0 spiro atoms. The van der Waals surface area contributed by atoms with Gasteiger partial charge in [-0.15, -0.1) is 0 Å². The number of Topliss-reactive ketones (excluding diaryl/α,β-unsaturated/α-hetero) is 1. The number of ketones is 1. The van der Waals surface area contributed by atoms with E-state index in [2.05, 4.69) is 9.68 Å². The smallest absolute Gasteiger partial charge is 0.383 e. The SMILES string of the molecule is CN(C)C=C(C(=O)C(F)(F)F)c1ccno1. The highest BCUT2D eigenvalue weighted by Crippen LogP contribution is 2.26.